The zero-order valence-electron chi connectivity index (χ0n) is 17.0. The highest BCUT2D eigenvalue weighted by Crippen LogP contribution is 2.32. The van der Waals surface area contributed by atoms with Gasteiger partial charge in [0, 0.05) is 0 Å². The molecular weight excluding hydrogens is 304 g/mol. The quantitative estimate of drug-likeness (QED) is 0.375. The van der Waals surface area contributed by atoms with Gasteiger partial charge in [-0.25, -0.2) is 0 Å². The van der Waals surface area contributed by atoms with E-state index in [-0.39, 0.29) is 0 Å². The molecule has 0 radical (unpaired) electrons. The monoisotopic (exact) mass is 344 g/mol. The second kappa shape index (κ2) is 11.6. The van der Waals surface area contributed by atoms with Crippen molar-refractivity contribution in [1.29, 1.82) is 0 Å². The molecule has 1 fully saturated rings. The summed E-state index contributed by atoms with van der Waals surface area (Å²) in [5.74, 6) is 1.90. The minimum atomic E-state index is 0.427. The fourth-order valence-corrected chi connectivity index (χ4v) is 4.23. The van der Waals surface area contributed by atoms with Crippen molar-refractivity contribution in [2.75, 3.05) is 0 Å². The molecule has 0 bridgehead atoms. The molecule has 1 aromatic rings. The molecule has 1 aromatic carbocycles. The van der Waals surface area contributed by atoms with Crippen LogP contribution in [0.2, 0.25) is 0 Å². The predicted octanol–water partition coefficient (Wildman–Crippen LogP) is 7.64. The summed E-state index contributed by atoms with van der Waals surface area (Å²) in [7, 11) is 0. The summed E-state index contributed by atoms with van der Waals surface area (Å²) in [4.78, 5) is 0. The fourth-order valence-electron chi connectivity index (χ4n) is 4.23. The minimum absolute atomic E-state index is 0.427. The molecule has 142 valence electrons. The standard InChI is InChI=1S/C24H40O/c1-4-6-9-13-21-17-18-23(20(3)19-21)25-24(16-10-7-5-2)22-14-11-8-12-15-22/h17-19,22,24H,4-16H2,1-3H3. The SMILES string of the molecule is CCCCCc1ccc(OC(CCCCC)C2CCCCC2)c(C)c1. The van der Waals surface area contributed by atoms with E-state index in [0.717, 1.165) is 11.7 Å². The van der Waals surface area contributed by atoms with Gasteiger partial charge in [0.25, 0.3) is 0 Å². The maximum Gasteiger partial charge on any atom is 0.122 e. The molecule has 0 spiro atoms. The lowest BCUT2D eigenvalue weighted by atomic mass is 9.83. The van der Waals surface area contributed by atoms with E-state index in [1.54, 1.807) is 0 Å². The van der Waals surface area contributed by atoms with Crippen molar-refractivity contribution in [2.24, 2.45) is 5.92 Å². The highest BCUT2D eigenvalue weighted by molar-refractivity contribution is 5.36. The predicted molar refractivity (Wildman–Crippen MR) is 110 cm³/mol. The number of rotatable bonds is 11. The third-order valence-electron chi connectivity index (χ3n) is 5.85. The molecule has 0 aromatic heterocycles. The van der Waals surface area contributed by atoms with E-state index in [4.69, 9.17) is 4.74 Å². The van der Waals surface area contributed by atoms with Gasteiger partial charge < -0.3 is 4.74 Å². The summed E-state index contributed by atoms with van der Waals surface area (Å²) < 4.78 is 6.61. The van der Waals surface area contributed by atoms with Crippen LogP contribution in [0.25, 0.3) is 0 Å². The first kappa shape index (κ1) is 20.3. The van der Waals surface area contributed by atoms with Gasteiger partial charge in [0.2, 0.25) is 0 Å². The smallest absolute Gasteiger partial charge is 0.122 e. The number of unbranched alkanes of at least 4 members (excludes halogenated alkanes) is 4. The molecule has 1 aliphatic rings. The van der Waals surface area contributed by atoms with Crippen LogP contribution in [0.1, 0.15) is 102 Å². The lowest BCUT2D eigenvalue weighted by Gasteiger charge is -2.31. The Bertz CT molecular complexity index is 473. The maximum absolute atomic E-state index is 6.61. The number of hydrogen-bond acceptors (Lipinski definition) is 1. The van der Waals surface area contributed by atoms with Crippen LogP contribution in [-0.4, -0.2) is 6.10 Å². The molecule has 1 unspecified atom stereocenters. The summed E-state index contributed by atoms with van der Waals surface area (Å²) >= 11 is 0. The molecule has 0 amide bonds. The third kappa shape index (κ3) is 7.04. The van der Waals surface area contributed by atoms with Crippen LogP contribution < -0.4 is 4.74 Å². The lowest BCUT2D eigenvalue weighted by molar-refractivity contribution is 0.0963. The summed E-state index contributed by atoms with van der Waals surface area (Å²) in [6, 6.07) is 6.89. The van der Waals surface area contributed by atoms with E-state index < -0.39 is 0 Å². The lowest BCUT2D eigenvalue weighted by Crippen LogP contribution is -2.29. The van der Waals surface area contributed by atoms with Crippen LogP contribution in [0.3, 0.4) is 0 Å². The topological polar surface area (TPSA) is 9.23 Å². The Morgan fingerprint density at radius 3 is 2.36 bits per heavy atom. The number of aryl methyl sites for hydroxylation is 2. The molecule has 2 rings (SSSR count). The largest absolute Gasteiger partial charge is 0.490 e. The molecule has 0 N–H and O–H groups in total. The summed E-state index contributed by atoms with van der Waals surface area (Å²) in [6.07, 6.45) is 17.7. The van der Waals surface area contributed by atoms with Gasteiger partial charge >= 0.3 is 0 Å². The van der Waals surface area contributed by atoms with E-state index in [9.17, 15) is 0 Å². The van der Waals surface area contributed by atoms with Gasteiger partial charge in [-0.2, -0.15) is 0 Å². The zero-order valence-corrected chi connectivity index (χ0v) is 17.0. The van der Waals surface area contributed by atoms with Crippen molar-refractivity contribution < 1.29 is 4.74 Å². The first-order chi connectivity index (χ1) is 12.2. The van der Waals surface area contributed by atoms with Gasteiger partial charge in [-0.1, -0.05) is 70.9 Å². The molecule has 1 aliphatic carbocycles. The molecule has 1 saturated carbocycles. The summed E-state index contributed by atoms with van der Waals surface area (Å²) in [6.45, 7) is 6.78. The Kier molecular flexibility index (Phi) is 9.43. The van der Waals surface area contributed by atoms with Gasteiger partial charge in [0.15, 0.2) is 0 Å². The summed E-state index contributed by atoms with van der Waals surface area (Å²) in [5, 5.41) is 0. The molecule has 0 heterocycles. The van der Waals surface area contributed by atoms with E-state index in [1.807, 2.05) is 0 Å². The van der Waals surface area contributed by atoms with Gasteiger partial charge in [-0.3, -0.25) is 0 Å². The van der Waals surface area contributed by atoms with Gasteiger partial charge in [-0.05, 0) is 68.6 Å². The van der Waals surface area contributed by atoms with Crippen LogP contribution in [-0.2, 0) is 6.42 Å². The van der Waals surface area contributed by atoms with E-state index >= 15 is 0 Å². The van der Waals surface area contributed by atoms with Crippen LogP contribution in [0.4, 0.5) is 0 Å². The van der Waals surface area contributed by atoms with Crippen molar-refractivity contribution in [2.45, 2.75) is 110 Å². The highest BCUT2D eigenvalue weighted by atomic mass is 16.5. The van der Waals surface area contributed by atoms with Crippen LogP contribution in [0, 0.1) is 12.8 Å². The molecule has 1 atom stereocenters. The van der Waals surface area contributed by atoms with Gasteiger partial charge in [-0.15, -0.1) is 0 Å². The van der Waals surface area contributed by atoms with Crippen molar-refractivity contribution in [1.82, 2.24) is 0 Å². The van der Waals surface area contributed by atoms with E-state index in [2.05, 4.69) is 39.0 Å². The average molecular weight is 345 g/mol. The zero-order chi connectivity index (χ0) is 17.9. The van der Waals surface area contributed by atoms with Crippen molar-refractivity contribution in [3.05, 3.63) is 29.3 Å². The maximum atomic E-state index is 6.61. The molecule has 25 heavy (non-hydrogen) atoms. The molecule has 0 aliphatic heterocycles. The number of benzene rings is 1. The van der Waals surface area contributed by atoms with E-state index in [1.165, 1.54) is 94.6 Å². The highest BCUT2D eigenvalue weighted by Gasteiger charge is 2.25. The Balaban J connectivity index is 1.98. The normalized spacial score (nSPS) is 16.8. The van der Waals surface area contributed by atoms with Crippen LogP contribution in [0.5, 0.6) is 5.75 Å². The first-order valence-electron chi connectivity index (χ1n) is 11.0. The van der Waals surface area contributed by atoms with E-state index in [0.29, 0.717) is 6.10 Å². The van der Waals surface area contributed by atoms with Gasteiger partial charge in [0.05, 0.1) is 0 Å². The Hall–Kier alpha value is -0.980. The number of ether oxygens (including phenoxy) is 1. The van der Waals surface area contributed by atoms with Gasteiger partial charge in [0.1, 0.15) is 11.9 Å². The van der Waals surface area contributed by atoms with Crippen molar-refractivity contribution >= 4 is 0 Å². The van der Waals surface area contributed by atoms with Crippen molar-refractivity contribution in [3.63, 3.8) is 0 Å². The molecule has 1 heteroatoms. The number of hydrogen-bond donors (Lipinski definition) is 0. The molecular formula is C24H40O. The van der Waals surface area contributed by atoms with Crippen molar-refractivity contribution in [3.8, 4) is 5.75 Å². The second-order valence-corrected chi connectivity index (χ2v) is 8.11. The minimum Gasteiger partial charge on any atom is -0.490 e. The molecule has 1 nitrogen and oxygen atoms in total. The average Bonchev–Trinajstić information content (AvgIpc) is 2.64. The van der Waals surface area contributed by atoms with Crippen LogP contribution >= 0.6 is 0 Å². The summed E-state index contributed by atoms with van der Waals surface area (Å²) in [5.41, 5.74) is 2.80. The Morgan fingerprint density at radius 2 is 1.68 bits per heavy atom. The second-order valence-electron chi connectivity index (χ2n) is 8.11. The Labute approximate surface area is 156 Å². The fraction of sp³-hybridized carbons (Fsp3) is 0.750. The Morgan fingerprint density at radius 1 is 0.960 bits per heavy atom. The third-order valence-corrected chi connectivity index (χ3v) is 5.85. The van der Waals surface area contributed by atoms with Crippen LogP contribution in [0.15, 0.2) is 18.2 Å². The first-order valence-corrected chi connectivity index (χ1v) is 11.0. The molecule has 0 saturated heterocycles.